The number of benzene rings is 1. The molecule has 106 valence electrons. The molecule has 0 aliphatic carbocycles. The highest BCUT2D eigenvalue weighted by Gasteiger charge is 2.18. The molecule has 3 rings (SSSR count). The largest absolute Gasteiger partial charge is 0.265 e. The van der Waals surface area contributed by atoms with Crippen LogP contribution in [0.4, 0.5) is 13.2 Å². The highest BCUT2D eigenvalue weighted by Crippen LogP contribution is 2.24. The monoisotopic (exact) mass is 308 g/mol. The van der Waals surface area contributed by atoms with Crippen molar-refractivity contribution < 1.29 is 13.2 Å². The van der Waals surface area contributed by atoms with Crippen molar-refractivity contribution in [3.63, 3.8) is 0 Å². The van der Waals surface area contributed by atoms with Gasteiger partial charge in [-0.1, -0.05) is 0 Å². The molecule has 0 amide bonds. The van der Waals surface area contributed by atoms with E-state index in [-0.39, 0.29) is 16.3 Å². The Balaban J connectivity index is 2.30. The van der Waals surface area contributed by atoms with Crippen molar-refractivity contribution in [1.29, 1.82) is 0 Å². The number of nitrogens with zero attached hydrogens (tertiary/aromatic N) is 3. The lowest BCUT2D eigenvalue weighted by Crippen LogP contribution is -2.04. The Morgan fingerprint density at radius 3 is 2.71 bits per heavy atom. The molecule has 0 unspecified atom stereocenters. The second-order valence-electron chi connectivity index (χ2n) is 4.15. The first-order chi connectivity index (χ1) is 10.1. The van der Waals surface area contributed by atoms with Gasteiger partial charge in [0, 0.05) is 30.1 Å². The molecule has 21 heavy (non-hydrogen) atoms. The van der Waals surface area contributed by atoms with E-state index in [0.29, 0.717) is 11.6 Å². The SMILES string of the molecule is Fc1cc(F)c(F)c(-n2c(-c3cccnc3)n[nH]c2=S)c1. The number of rotatable bonds is 2. The summed E-state index contributed by atoms with van der Waals surface area (Å²) in [6.45, 7) is 0. The zero-order valence-corrected chi connectivity index (χ0v) is 11.2. The lowest BCUT2D eigenvalue weighted by Gasteiger charge is -2.08. The van der Waals surface area contributed by atoms with Gasteiger partial charge in [-0.15, -0.1) is 0 Å². The lowest BCUT2D eigenvalue weighted by atomic mass is 10.2. The first-order valence-corrected chi connectivity index (χ1v) is 6.21. The normalized spacial score (nSPS) is 10.8. The minimum atomic E-state index is -1.30. The summed E-state index contributed by atoms with van der Waals surface area (Å²) in [4.78, 5) is 3.92. The van der Waals surface area contributed by atoms with Gasteiger partial charge in [-0.05, 0) is 24.4 Å². The van der Waals surface area contributed by atoms with Crippen LogP contribution in [-0.4, -0.2) is 19.7 Å². The van der Waals surface area contributed by atoms with Crippen molar-refractivity contribution in [3.05, 3.63) is 58.9 Å². The molecule has 3 aromatic rings. The van der Waals surface area contributed by atoms with E-state index in [4.69, 9.17) is 12.2 Å². The summed E-state index contributed by atoms with van der Waals surface area (Å²) in [6, 6.07) is 4.64. The van der Waals surface area contributed by atoms with Gasteiger partial charge in [-0.25, -0.2) is 13.2 Å². The second-order valence-corrected chi connectivity index (χ2v) is 4.54. The number of pyridine rings is 1. The van der Waals surface area contributed by atoms with E-state index in [9.17, 15) is 13.2 Å². The van der Waals surface area contributed by atoms with Crippen LogP contribution in [-0.2, 0) is 0 Å². The number of hydrogen-bond acceptors (Lipinski definition) is 3. The van der Waals surface area contributed by atoms with Crippen LogP contribution in [0.2, 0.25) is 0 Å². The molecule has 2 heterocycles. The van der Waals surface area contributed by atoms with Crippen LogP contribution in [0, 0.1) is 22.2 Å². The maximum Gasteiger partial charge on any atom is 0.200 e. The minimum absolute atomic E-state index is 0.0118. The predicted octanol–water partition coefficient (Wildman–Crippen LogP) is 3.41. The molecule has 0 aliphatic rings. The Morgan fingerprint density at radius 2 is 2.00 bits per heavy atom. The summed E-state index contributed by atoms with van der Waals surface area (Å²) in [5.41, 5.74) is 0.166. The van der Waals surface area contributed by atoms with Crippen LogP contribution < -0.4 is 0 Å². The van der Waals surface area contributed by atoms with Gasteiger partial charge < -0.3 is 0 Å². The van der Waals surface area contributed by atoms with E-state index < -0.39 is 17.5 Å². The third kappa shape index (κ3) is 2.33. The number of H-pyrrole nitrogens is 1. The highest BCUT2D eigenvalue weighted by atomic mass is 32.1. The molecule has 1 aromatic carbocycles. The molecular formula is C13H7F3N4S. The predicted molar refractivity (Wildman–Crippen MR) is 71.9 cm³/mol. The van der Waals surface area contributed by atoms with Crippen LogP contribution >= 0.6 is 12.2 Å². The Morgan fingerprint density at radius 1 is 1.19 bits per heavy atom. The van der Waals surface area contributed by atoms with Gasteiger partial charge in [0.2, 0.25) is 0 Å². The fraction of sp³-hybridized carbons (Fsp3) is 0. The topological polar surface area (TPSA) is 46.5 Å². The number of aromatic nitrogens is 4. The van der Waals surface area contributed by atoms with Gasteiger partial charge in [0.15, 0.2) is 22.2 Å². The molecule has 2 aromatic heterocycles. The van der Waals surface area contributed by atoms with Crippen LogP contribution in [0.1, 0.15) is 0 Å². The number of halogens is 3. The van der Waals surface area contributed by atoms with Gasteiger partial charge in [-0.2, -0.15) is 5.10 Å². The third-order valence-electron chi connectivity index (χ3n) is 2.81. The average Bonchev–Trinajstić information content (AvgIpc) is 2.85. The fourth-order valence-electron chi connectivity index (χ4n) is 1.91. The Kier molecular flexibility index (Phi) is 3.30. The van der Waals surface area contributed by atoms with Gasteiger partial charge >= 0.3 is 0 Å². The summed E-state index contributed by atoms with van der Waals surface area (Å²) in [5, 5.41) is 6.43. The fourth-order valence-corrected chi connectivity index (χ4v) is 2.14. The van der Waals surface area contributed by atoms with Crippen LogP contribution in [0.25, 0.3) is 17.1 Å². The van der Waals surface area contributed by atoms with Crippen molar-refractivity contribution >= 4 is 12.2 Å². The molecular weight excluding hydrogens is 301 g/mol. The van der Waals surface area contributed by atoms with Crippen molar-refractivity contribution in [2.24, 2.45) is 0 Å². The highest BCUT2D eigenvalue weighted by molar-refractivity contribution is 7.71. The number of hydrogen-bond donors (Lipinski definition) is 1. The lowest BCUT2D eigenvalue weighted by molar-refractivity contribution is 0.490. The Bertz CT molecular complexity index is 858. The summed E-state index contributed by atoms with van der Waals surface area (Å²) < 4.78 is 41.8. The van der Waals surface area contributed by atoms with E-state index in [0.717, 1.165) is 10.6 Å². The zero-order chi connectivity index (χ0) is 15.0. The van der Waals surface area contributed by atoms with E-state index in [1.165, 1.54) is 6.20 Å². The molecule has 0 fully saturated rings. The van der Waals surface area contributed by atoms with Crippen molar-refractivity contribution in [3.8, 4) is 17.1 Å². The maximum absolute atomic E-state index is 14.0. The van der Waals surface area contributed by atoms with Crippen LogP contribution in [0.15, 0.2) is 36.7 Å². The number of aromatic amines is 1. The zero-order valence-electron chi connectivity index (χ0n) is 10.3. The summed E-state index contributed by atoms with van der Waals surface area (Å²) in [5.74, 6) is -3.22. The molecule has 0 spiro atoms. The maximum atomic E-state index is 14.0. The minimum Gasteiger partial charge on any atom is -0.265 e. The average molecular weight is 308 g/mol. The molecule has 0 saturated carbocycles. The molecule has 8 heteroatoms. The first kappa shape index (κ1) is 13.5. The summed E-state index contributed by atoms with van der Waals surface area (Å²) in [6.07, 6.45) is 3.03. The van der Waals surface area contributed by atoms with Gasteiger partial charge in [0.25, 0.3) is 0 Å². The smallest absolute Gasteiger partial charge is 0.200 e. The molecule has 0 radical (unpaired) electrons. The molecule has 0 saturated heterocycles. The molecule has 4 nitrogen and oxygen atoms in total. The molecule has 1 N–H and O–H groups in total. The first-order valence-electron chi connectivity index (χ1n) is 5.80. The van der Waals surface area contributed by atoms with Gasteiger partial charge in [0.05, 0.1) is 5.69 Å². The van der Waals surface area contributed by atoms with Gasteiger partial charge in [0.1, 0.15) is 5.82 Å². The molecule has 0 aliphatic heterocycles. The second kappa shape index (κ2) is 5.13. The van der Waals surface area contributed by atoms with Crippen LogP contribution in [0.3, 0.4) is 0 Å². The van der Waals surface area contributed by atoms with Crippen molar-refractivity contribution in [2.75, 3.05) is 0 Å². The Labute approximate surface area is 121 Å². The van der Waals surface area contributed by atoms with Crippen LogP contribution in [0.5, 0.6) is 0 Å². The molecule has 0 atom stereocenters. The Hall–Kier alpha value is -2.48. The van der Waals surface area contributed by atoms with E-state index in [1.54, 1.807) is 18.3 Å². The summed E-state index contributed by atoms with van der Waals surface area (Å²) in [7, 11) is 0. The van der Waals surface area contributed by atoms with E-state index >= 15 is 0 Å². The van der Waals surface area contributed by atoms with Crippen molar-refractivity contribution in [2.45, 2.75) is 0 Å². The quantitative estimate of drug-likeness (QED) is 0.583. The van der Waals surface area contributed by atoms with E-state index in [2.05, 4.69) is 15.2 Å². The van der Waals surface area contributed by atoms with E-state index in [1.807, 2.05) is 0 Å². The third-order valence-corrected chi connectivity index (χ3v) is 3.08. The number of nitrogens with one attached hydrogen (secondary N) is 1. The standard InChI is InChI=1S/C13H7F3N4S/c14-8-4-9(15)11(16)10(5-8)20-12(18-19-13(20)21)7-2-1-3-17-6-7/h1-6H,(H,19,21). The van der Waals surface area contributed by atoms with Crippen molar-refractivity contribution in [1.82, 2.24) is 19.7 Å². The molecule has 0 bridgehead atoms. The summed E-state index contributed by atoms with van der Waals surface area (Å²) >= 11 is 5.01. The van der Waals surface area contributed by atoms with Gasteiger partial charge in [-0.3, -0.25) is 14.6 Å².